The van der Waals surface area contributed by atoms with Crippen LogP contribution < -0.4 is 25.0 Å². The molecule has 37 heavy (non-hydrogen) atoms. The van der Waals surface area contributed by atoms with Gasteiger partial charge in [-0.15, -0.1) is 0 Å². The van der Waals surface area contributed by atoms with Gasteiger partial charge in [0.1, 0.15) is 0 Å². The number of carbonyl (C=O) groups is 2. The molecule has 10 heteroatoms. The van der Waals surface area contributed by atoms with E-state index in [4.69, 9.17) is 18.9 Å². The summed E-state index contributed by atoms with van der Waals surface area (Å²) in [4.78, 5) is 27.4. The molecule has 2 aromatic carbocycles. The molecule has 0 aromatic heterocycles. The van der Waals surface area contributed by atoms with Gasteiger partial charge in [-0.25, -0.2) is 5.43 Å². The van der Waals surface area contributed by atoms with Crippen molar-refractivity contribution in [2.24, 2.45) is 5.10 Å². The molecule has 1 aliphatic rings. The van der Waals surface area contributed by atoms with E-state index in [1.54, 1.807) is 38.5 Å². The third-order valence-electron chi connectivity index (χ3n) is 6.09. The molecule has 2 aromatic rings. The van der Waals surface area contributed by atoms with Crippen molar-refractivity contribution in [3.05, 3.63) is 53.6 Å². The van der Waals surface area contributed by atoms with Gasteiger partial charge in [0.15, 0.2) is 11.5 Å². The first kappa shape index (κ1) is 27.9. The number of amides is 2. The third-order valence-corrected chi connectivity index (χ3v) is 6.09. The van der Waals surface area contributed by atoms with E-state index in [2.05, 4.69) is 20.7 Å². The number of morpholine rings is 1. The molecule has 2 N–H and O–H groups in total. The first-order valence-electron chi connectivity index (χ1n) is 12.3. The second-order valence-corrected chi connectivity index (χ2v) is 8.47. The molecule has 2 amide bonds. The quantitative estimate of drug-likeness (QED) is 0.241. The van der Waals surface area contributed by atoms with Crippen LogP contribution in [0.25, 0.3) is 0 Å². The molecule has 1 atom stereocenters. The van der Waals surface area contributed by atoms with Gasteiger partial charge in [-0.05, 0) is 43.5 Å². The predicted molar refractivity (Wildman–Crippen MR) is 141 cm³/mol. The largest absolute Gasteiger partial charge is 0.493 e. The van der Waals surface area contributed by atoms with Crippen LogP contribution in [0.2, 0.25) is 0 Å². The van der Waals surface area contributed by atoms with E-state index in [9.17, 15) is 9.59 Å². The number of hydrazone groups is 1. The minimum atomic E-state index is -0.342. The maximum absolute atomic E-state index is 13.1. The topological polar surface area (TPSA) is 111 Å². The fourth-order valence-electron chi connectivity index (χ4n) is 4.15. The maximum Gasteiger partial charge on any atom is 0.257 e. The Morgan fingerprint density at radius 1 is 1.03 bits per heavy atom. The molecule has 1 fully saturated rings. The minimum Gasteiger partial charge on any atom is -0.493 e. The van der Waals surface area contributed by atoms with Crippen LogP contribution in [-0.4, -0.2) is 83.1 Å². The van der Waals surface area contributed by atoms with Gasteiger partial charge in [-0.1, -0.05) is 18.2 Å². The highest BCUT2D eigenvalue weighted by atomic mass is 16.5. The van der Waals surface area contributed by atoms with Crippen LogP contribution >= 0.6 is 0 Å². The first-order valence-corrected chi connectivity index (χ1v) is 12.3. The number of hydrogen-bond donors (Lipinski definition) is 2. The fourth-order valence-corrected chi connectivity index (χ4v) is 4.15. The average Bonchev–Trinajstić information content (AvgIpc) is 2.95. The summed E-state index contributed by atoms with van der Waals surface area (Å²) in [5.74, 6) is 1.21. The van der Waals surface area contributed by atoms with Crippen molar-refractivity contribution in [2.75, 3.05) is 54.2 Å². The standard InChI is InChI=1S/C27H36N4O6/c1-34-23-17-20(18-24(35-2)25(23)36-3)19-29-30-27(33)22(31-13-15-37-16-14-31)11-7-8-12-28-26(32)21-9-5-4-6-10-21/h4-6,9-10,17-19,22H,7-8,11-16H2,1-3H3,(H,28,32)(H,30,33)/b29-19+/t22-/m1/s1. The van der Waals surface area contributed by atoms with Gasteiger partial charge >= 0.3 is 0 Å². The molecule has 0 aliphatic carbocycles. The van der Waals surface area contributed by atoms with Gasteiger partial charge < -0.3 is 24.3 Å². The van der Waals surface area contributed by atoms with Crippen LogP contribution in [0.1, 0.15) is 35.2 Å². The van der Waals surface area contributed by atoms with Crippen molar-refractivity contribution >= 4 is 18.0 Å². The van der Waals surface area contributed by atoms with Gasteiger partial charge in [0.25, 0.3) is 11.8 Å². The lowest BCUT2D eigenvalue weighted by Crippen LogP contribution is -2.50. The molecule has 0 bridgehead atoms. The highest BCUT2D eigenvalue weighted by molar-refractivity contribution is 5.94. The number of nitrogens with zero attached hydrogens (tertiary/aromatic N) is 2. The van der Waals surface area contributed by atoms with Gasteiger partial charge in [0.2, 0.25) is 5.75 Å². The molecule has 10 nitrogen and oxygen atoms in total. The highest BCUT2D eigenvalue weighted by Crippen LogP contribution is 2.37. The number of ether oxygens (including phenoxy) is 4. The monoisotopic (exact) mass is 512 g/mol. The number of methoxy groups -OCH3 is 3. The Hall–Kier alpha value is -3.63. The molecule has 0 unspecified atom stereocenters. The Labute approximate surface area is 217 Å². The van der Waals surface area contributed by atoms with Crippen LogP contribution in [0.15, 0.2) is 47.6 Å². The van der Waals surface area contributed by atoms with E-state index < -0.39 is 0 Å². The van der Waals surface area contributed by atoms with Crippen molar-refractivity contribution in [1.29, 1.82) is 0 Å². The number of nitrogens with one attached hydrogen (secondary N) is 2. The van der Waals surface area contributed by atoms with Gasteiger partial charge in [-0.3, -0.25) is 14.5 Å². The average molecular weight is 513 g/mol. The summed E-state index contributed by atoms with van der Waals surface area (Å²) in [6.45, 7) is 3.08. The zero-order chi connectivity index (χ0) is 26.5. The van der Waals surface area contributed by atoms with Crippen LogP contribution in [-0.2, 0) is 9.53 Å². The molecule has 0 saturated carbocycles. The predicted octanol–water partition coefficient (Wildman–Crippen LogP) is 2.46. The summed E-state index contributed by atoms with van der Waals surface area (Å²) in [5.41, 5.74) is 4.00. The molecule has 200 valence electrons. The summed E-state index contributed by atoms with van der Waals surface area (Å²) in [6.07, 6.45) is 3.73. The van der Waals surface area contributed by atoms with E-state index in [-0.39, 0.29) is 17.9 Å². The number of benzene rings is 2. The summed E-state index contributed by atoms with van der Waals surface area (Å²) < 4.78 is 21.5. The van der Waals surface area contributed by atoms with Crippen molar-refractivity contribution < 1.29 is 28.5 Å². The lowest BCUT2D eigenvalue weighted by atomic mass is 10.1. The summed E-state index contributed by atoms with van der Waals surface area (Å²) in [7, 11) is 4.62. The van der Waals surface area contributed by atoms with E-state index in [0.29, 0.717) is 67.6 Å². The normalized spacial score (nSPS) is 14.7. The van der Waals surface area contributed by atoms with Crippen LogP contribution in [0.4, 0.5) is 0 Å². The Balaban J connectivity index is 1.55. The molecule has 0 radical (unpaired) electrons. The minimum absolute atomic E-state index is 0.0933. The van der Waals surface area contributed by atoms with Gasteiger partial charge in [0.05, 0.1) is 46.8 Å². The molecular weight excluding hydrogens is 476 g/mol. The summed E-state index contributed by atoms with van der Waals surface area (Å²) in [5, 5.41) is 7.11. The lowest BCUT2D eigenvalue weighted by Gasteiger charge is -2.33. The van der Waals surface area contributed by atoms with Crippen LogP contribution in [0.5, 0.6) is 17.2 Å². The molecular formula is C27H36N4O6. The highest BCUT2D eigenvalue weighted by Gasteiger charge is 2.27. The van der Waals surface area contributed by atoms with E-state index in [0.717, 1.165) is 12.8 Å². The molecule has 1 heterocycles. The number of carbonyl (C=O) groups excluding carboxylic acids is 2. The SMILES string of the molecule is COc1cc(/C=N/NC(=O)[C@@H](CCCCNC(=O)c2ccccc2)N2CCOCC2)cc(OC)c1OC. The number of unbranched alkanes of at least 4 members (excludes halogenated alkanes) is 1. The van der Waals surface area contributed by atoms with Crippen LogP contribution in [0, 0.1) is 0 Å². The van der Waals surface area contributed by atoms with E-state index >= 15 is 0 Å². The van der Waals surface area contributed by atoms with Gasteiger partial charge in [0, 0.05) is 30.8 Å². The van der Waals surface area contributed by atoms with Crippen molar-refractivity contribution in [3.8, 4) is 17.2 Å². The van der Waals surface area contributed by atoms with Crippen LogP contribution in [0.3, 0.4) is 0 Å². The van der Waals surface area contributed by atoms with E-state index in [1.165, 1.54) is 13.3 Å². The number of hydrogen-bond acceptors (Lipinski definition) is 8. The summed E-state index contributed by atoms with van der Waals surface area (Å²) in [6, 6.07) is 12.3. The third kappa shape index (κ3) is 8.19. The zero-order valence-electron chi connectivity index (χ0n) is 21.7. The Bertz CT molecular complexity index is 1020. The van der Waals surface area contributed by atoms with Crippen molar-refractivity contribution in [3.63, 3.8) is 0 Å². The smallest absolute Gasteiger partial charge is 0.257 e. The number of rotatable bonds is 13. The second kappa shape index (κ2) is 14.8. The molecule has 0 spiro atoms. The molecule has 3 rings (SSSR count). The zero-order valence-corrected chi connectivity index (χ0v) is 21.7. The van der Waals surface area contributed by atoms with Crippen molar-refractivity contribution in [2.45, 2.75) is 25.3 Å². The molecule has 1 saturated heterocycles. The second-order valence-electron chi connectivity index (χ2n) is 8.47. The Kier molecular flexibility index (Phi) is 11.2. The summed E-state index contributed by atoms with van der Waals surface area (Å²) >= 11 is 0. The van der Waals surface area contributed by atoms with E-state index in [1.807, 2.05) is 18.2 Å². The first-order chi connectivity index (χ1) is 18.1. The maximum atomic E-state index is 13.1. The Morgan fingerprint density at radius 3 is 2.32 bits per heavy atom. The lowest BCUT2D eigenvalue weighted by molar-refractivity contribution is -0.128. The molecule has 1 aliphatic heterocycles. The fraction of sp³-hybridized carbons (Fsp3) is 0.444. The Morgan fingerprint density at radius 2 is 1.70 bits per heavy atom. The van der Waals surface area contributed by atoms with Crippen molar-refractivity contribution in [1.82, 2.24) is 15.6 Å². The van der Waals surface area contributed by atoms with Gasteiger partial charge in [-0.2, -0.15) is 5.10 Å².